The summed E-state index contributed by atoms with van der Waals surface area (Å²) in [6, 6.07) is 4.77. The maximum Gasteiger partial charge on any atom is 0.0417 e. The monoisotopic (exact) mass is 188 g/mol. The minimum atomic E-state index is 0.634. The van der Waals surface area contributed by atoms with Crippen molar-refractivity contribution in [1.82, 2.24) is 10.3 Å². The van der Waals surface area contributed by atoms with Gasteiger partial charge in [0.25, 0.3) is 0 Å². The fraction of sp³-hybridized carbons (Fsp3) is 0.417. The van der Waals surface area contributed by atoms with Crippen LogP contribution in [0, 0.1) is 6.92 Å². The summed E-state index contributed by atoms with van der Waals surface area (Å²) in [4.78, 5) is 4.27. The molecule has 0 aliphatic heterocycles. The summed E-state index contributed by atoms with van der Waals surface area (Å²) in [5.41, 5.74) is 2.44. The first-order valence-corrected chi connectivity index (χ1v) is 5.15. The summed E-state index contributed by atoms with van der Waals surface area (Å²) in [6.07, 6.45) is 8.66. The molecule has 0 fully saturated rings. The van der Waals surface area contributed by atoms with Crippen LogP contribution in [0.15, 0.2) is 30.5 Å². The van der Waals surface area contributed by atoms with Crippen LogP contribution in [0.1, 0.15) is 24.1 Å². The average molecular weight is 188 g/mol. The highest BCUT2D eigenvalue weighted by molar-refractivity contribution is 5.18. The molecule has 2 nitrogen and oxygen atoms in total. The molecule has 1 aliphatic rings. The van der Waals surface area contributed by atoms with E-state index in [0.29, 0.717) is 6.04 Å². The second-order valence-corrected chi connectivity index (χ2v) is 3.77. The fourth-order valence-electron chi connectivity index (χ4n) is 1.74. The number of nitrogens with one attached hydrogen (secondary N) is 1. The first-order chi connectivity index (χ1) is 6.86. The van der Waals surface area contributed by atoms with Crippen molar-refractivity contribution in [3.8, 4) is 0 Å². The molecule has 0 spiro atoms. The van der Waals surface area contributed by atoms with Crippen LogP contribution in [0.2, 0.25) is 0 Å². The number of hydrogen-bond acceptors (Lipinski definition) is 2. The van der Waals surface area contributed by atoms with Gasteiger partial charge in [-0.3, -0.25) is 4.98 Å². The maximum absolute atomic E-state index is 4.27. The van der Waals surface area contributed by atoms with E-state index < -0.39 is 0 Å². The molecule has 1 heterocycles. The van der Waals surface area contributed by atoms with Gasteiger partial charge in [-0.1, -0.05) is 18.2 Å². The minimum Gasteiger partial charge on any atom is -0.309 e. The third kappa shape index (κ3) is 2.20. The molecule has 0 atom stereocenters. The molecular weight excluding hydrogens is 172 g/mol. The number of hydrogen-bond donors (Lipinski definition) is 1. The number of aryl methyl sites for hydroxylation is 1. The smallest absolute Gasteiger partial charge is 0.0417 e. The predicted octanol–water partition coefficient (Wildman–Crippen LogP) is 2.20. The van der Waals surface area contributed by atoms with Gasteiger partial charge in [-0.2, -0.15) is 0 Å². The quantitative estimate of drug-likeness (QED) is 0.735. The standard InChI is InChI=1S/C12H16N2/c1-10-11(5-4-8-13-10)9-14-12-6-2-3-7-12/h2-5,8,12,14H,6-7,9H2,1H3. The van der Waals surface area contributed by atoms with E-state index in [1.165, 1.54) is 18.4 Å². The van der Waals surface area contributed by atoms with Crippen LogP contribution in [-0.2, 0) is 6.54 Å². The minimum absolute atomic E-state index is 0.634. The molecular formula is C12H16N2. The van der Waals surface area contributed by atoms with Gasteiger partial charge in [0.1, 0.15) is 0 Å². The SMILES string of the molecule is Cc1ncccc1CNC1CC=CC1. The molecule has 0 amide bonds. The van der Waals surface area contributed by atoms with Gasteiger partial charge in [-0.05, 0) is 31.4 Å². The zero-order valence-corrected chi connectivity index (χ0v) is 8.53. The van der Waals surface area contributed by atoms with Crippen LogP contribution in [-0.4, -0.2) is 11.0 Å². The number of aromatic nitrogens is 1. The van der Waals surface area contributed by atoms with E-state index in [9.17, 15) is 0 Å². The highest BCUT2D eigenvalue weighted by Gasteiger charge is 2.09. The first-order valence-electron chi connectivity index (χ1n) is 5.15. The lowest BCUT2D eigenvalue weighted by Crippen LogP contribution is -2.26. The van der Waals surface area contributed by atoms with Crippen molar-refractivity contribution in [1.29, 1.82) is 0 Å². The Labute approximate surface area is 85.1 Å². The van der Waals surface area contributed by atoms with E-state index in [1.807, 2.05) is 12.3 Å². The summed E-state index contributed by atoms with van der Waals surface area (Å²) in [6.45, 7) is 3.00. The lowest BCUT2D eigenvalue weighted by Gasteiger charge is -2.12. The van der Waals surface area contributed by atoms with E-state index in [1.54, 1.807) is 0 Å². The topological polar surface area (TPSA) is 24.9 Å². The summed E-state index contributed by atoms with van der Waals surface area (Å²) in [7, 11) is 0. The van der Waals surface area contributed by atoms with Gasteiger partial charge in [0.2, 0.25) is 0 Å². The van der Waals surface area contributed by atoms with Gasteiger partial charge in [-0.25, -0.2) is 0 Å². The molecule has 1 aromatic rings. The molecule has 1 aliphatic carbocycles. The Hall–Kier alpha value is -1.15. The Bertz CT molecular complexity index is 323. The molecule has 1 aromatic heterocycles. The largest absolute Gasteiger partial charge is 0.309 e. The van der Waals surface area contributed by atoms with Gasteiger partial charge in [-0.15, -0.1) is 0 Å². The molecule has 0 aromatic carbocycles. The Morgan fingerprint density at radius 1 is 1.43 bits per heavy atom. The molecule has 0 unspecified atom stereocenters. The van der Waals surface area contributed by atoms with E-state index >= 15 is 0 Å². The highest BCUT2D eigenvalue weighted by Crippen LogP contribution is 2.11. The van der Waals surface area contributed by atoms with Crippen LogP contribution < -0.4 is 5.32 Å². The summed E-state index contributed by atoms with van der Waals surface area (Å²) in [5.74, 6) is 0. The number of rotatable bonds is 3. The second-order valence-electron chi connectivity index (χ2n) is 3.77. The zero-order chi connectivity index (χ0) is 9.80. The molecule has 0 saturated heterocycles. The van der Waals surface area contributed by atoms with E-state index in [-0.39, 0.29) is 0 Å². The Morgan fingerprint density at radius 2 is 2.21 bits per heavy atom. The molecule has 0 saturated carbocycles. The number of nitrogens with zero attached hydrogens (tertiary/aromatic N) is 1. The van der Waals surface area contributed by atoms with Crippen LogP contribution >= 0.6 is 0 Å². The molecule has 2 heteroatoms. The van der Waals surface area contributed by atoms with Crippen molar-refractivity contribution >= 4 is 0 Å². The Kier molecular flexibility index (Phi) is 2.94. The van der Waals surface area contributed by atoms with Gasteiger partial charge in [0.15, 0.2) is 0 Å². The normalized spacial score (nSPS) is 16.4. The summed E-state index contributed by atoms with van der Waals surface area (Å²) < 4.78 is 0. The number of pyridine rings is 1. The summed E-state index contributed by atoms with van der Waals surface area (Å²) >= 11 is 0. The van der Waals surface area contributed by atoms with Crippen molar-refractivity contribution in [2.45, 2.75) is 32.4 Å². The lowest BCUT2D eigenvalue weighted by molar-refractivity contribution is 0.536. The molecule has 1 N–H and O–H groups in total. The average Bonchev–Trinajstić information content (AvgIpc) is 2.69. The highest BCUT2D eigenvalue weighted by atomic mass is 14.9. The van der Waals surface area contributed by atoms with Crippen molar-refractivity contribution in [2.75, 3.05) is 0 Å². The first kappa shape index (κ1) is 9.41. The van der Waals surface area contributed by atoms with Crippen molar-refractivity contribution in [3.63, 3.8) is 0 Å². The third-order valence-corrected chi connectivity index (χ3v) is 2.71. The Balaban J connectivity index is 1.88. The van der Waals surface area contributed by atoms with E-state index in [2.05, 4.69) is 35.4 Å². The van der Waals surface area contributed by atoms with E-state index in [4.69, 9.17) is 0 Å². The maximum atomic E-state index is 4.27. The molecule has 14 heavy (non-hydrogen) atoms. The van der Waals surface area contributed by atoms with Crippen LogP contribution in [0.25, 0.3) is 0 Å². The van der Waals surface area contributed by atoms with Gasteiger partial charge in [0.05, 0.1) is 0 Å². The van der Waals surface area contributed by atoms with Crippen molar-refractivity contribution in [2.24, 2.45) is 0 Å². The Morgan fingerprint density at radius 3 is 2.93 bits per heavy atom. The zero-order valence-electron chi connectivity index (χ0n) is 8.53. The van der Waals surface area contributed by atoms with Crippen LogP contribution in [0.5, 0.6) is 0 Å². The van der Waals surface area contributed by atoms with Crippen molar-refractivity contribution < 1.29 is 0 Å². The van der Waals surface area contributed by atoms with Gasteiger partial charge < -0.3 is 5.32 Å². The lowest BCUT2D eigenvalue weighted by atomic mass is 10.2. The van der Waals surface area contributed by atoms with Crippen LogP contribution in [0.4, 0.5) is 0 Å². The fourth-order valence-corrected chi connectivity index (χ4v) is 1.74. The van der Waals surface area contributed by atoms with Crippen molar-refractivity contribution in [3.05, 3.63) is 41.7 Å². The second kappa shape index (κ2) is 4.38. The molecule has 74 valence electrons. The molecule has 2 rings (SSSR count). The van der Waals surface area contributed by atoms with Crippen LogP contribution in [0.3, 0.4) is 0 Å². The summed E-state index contributed by atoms with van der Waals surface area (Å²) in [5, 5.41) is 3.54. The van der Waals surface area contributed by atoms with Gasteiger partial charge >= 0.3 is 0 Å². The molecule has 0 radical (unpaired) electrons. The van der Waals surface area contributed by atoms with E-state index in [0.717, 1.165) is 12.2 Å². The molecule has 0 bridgehead atoms. The van der Waals surface area contributed by atoms with Gasteiger partial charge in [0, 0.05) is 24.5 Å². The predicted molar refractivity (Wildman–Crippen MR) is 58.0 cm³/mol. The third-order valence-electron chi connectivity index (χ3n) is 2.71.